The molecule has 0 saturated heterocycles. The highest BCUT2D eigenvalue weighted by molar-refractivity contribution is 5.92. The second-order valence-electron chi connectivity index (χ2n) is 6.85. The maximum absolute atomic E-state index is 12.4. The standard InChI is InChI=1S/C18H35N7O6/c19-7-3-1-5-12(24-15(27)10-22-14(26)9-21)17(29)23-11-16(28)25-13(18(30)31)6-2-4-8-20/h12-13H,1-11,19-21H2,(H,22,26)(H,23,29)(H,24,27)(H,25,28)(H,30,31)/t12-,13-/m0/s1. The molecule has 11 N–H and O–H groups in total. The molecular weight excluding hydrogens is 410 g/mol. The lowest BCUT2D eigenvalue weighted by atomic mass is 10.1. The monoisotopic (exact) mass is 445 g/mol. The number of amides is 4. The predicted molar refractivity (Wildman–Crippen MR) is 112 cm³/mol. The van der Waals surface area contributed by atoms with Crippen molar-refractivity contribution in [3.05, 3.63) is 0 Å². The van der Waals surface area contributed by atoms with Crippen molar-refractivity contribution in [1.82, 2.24) is 21.3 Å². The third-order valence-corrected chi connectivity index (χ3v) is 4.23. The van der Waals surface area contributed by atoms with Gasteiger partial charge in [-0.25, -0.2) is 4.79 Å². The Morgan fingerprint density at radius 2 is 1.16 bits per heavy atom. The first kappa shape index (κ1) is 28.2. The molecule has 13 nitrogen and oxygen atoms in total. The Balaban J connectivity index is 4.70. The Morgan fingerprint density at radius 1 is 0.677 bits per heavy atom. The molecule has 0 bridgehead atoms. The maximum atomic E-state index is 12.4. The molecule has 0 aliphatic carbocycles. The van der Waals surface area contributed by atoms with Crippen LogP contribution in [0.3, 0.4) is 0 Å². The lowest BCUT2D eigenvalue weighted by Gasteiger charge is -2.19. The number of nitrogens with one attached hydrogen (secondary N) is 4. The fourth-order valence-corrected chi connectivity index (χ4v) is 2.54. The number of aliphatic carboxylic acids is 1. The molecule has 0 heterocycles. The van der Waals surface area contributed by atoms with E-state index in [1.54, 1.807) is 0 Å². The van der Waals surface area contributed by atoms with E-state index in [2.05, 4.69) is 21.3 Å². The van der Waals surface area contributed by atoms with E-state index in [0.717, 1.165) is 0 Å². The van der Waals surface area contributed by atoms with Crippen LogP contribution in [0.5, 0.6) is 0 Å². The quantitative estimate of drug-likeness (QED) is 0.104. The summed E-state index contributed by atoms with van der Waals surface area (Å²) in [6, 6.07) is -2.02. The molecule has 0 aromatic carbocycles. The van der Waals surface area contributed by atoms with E-state index < -0.39 is 48.2 Å². The second-order valence-corrected chi connectivity index (χ2v) is 6.85. The summed E-state index contributed by atoms with van der Waals surface area (Å²) in [4.78, 5) is 58.8. The lowest BCUT2D eigenvalue weighted by Crippen LogP contribution is -2.52. The highest BCUT2D eigenvalue weighted by Gasteiger charge is 2.23. The zero-order valence-corrected chi connectivity index (χ0v) is 17.7. The van der Waals surface area contributed by atoms with Crippen molar-refractivity contribution in [3.8, 4) is 0 Å². The number of carbonyl (C=O) groups is 5. The van der Waals surface area contributed by atoms with Gasteiger partial charge >= 0.3 is 5.97 Å². The SMILES string of the molecule is NCCCC[C@H](NC(=O)CNC(=O)[C@H](CCCCN)NC(=O)CNC(=O)CN)C(=O)O. The molecule has 0 rings (SSSR count). The van der Waals surface area contributed by atoms with Crippen molar-refractivity contribution < 1.29 is 29.1 Å². The molecule has 4 amide bonds. The van der Waals surface area contributed by atoms with Crippen molar-refractivity contribution in [2.75, 3.05) is 32.7 Å². The van der Waals surface area contributed by atoms with Crippen LogP contribution in [0, 0.1) is 0 Å². The fraction of sp³-hybridized carbons (Fsp3) is 0.722. The summed E-state index contributed by atoms with van der Waals surface area (Å²) in [5.41, 5.74) is 16.0. The van der Waals surface area contributed by atoms with E-state index in [-0.39, 0.29) is 25.9 Å². The van der Waals surface area contributed by atoms with E-state index in [1.165, 1.54) is 0 Å². The third kappa shape index (κ3) is 14.0. The number of rotatable bonds is 17. The zero-order valence-electron chi connectivity index (χ0n) is 17.7. The van der Waals surface area contributed by atoms with Gasteiger partial charge in [0.05, 0.1) is 19.6 Å². The van der Waals surface area contributed by atoms with Crippen molar-refractivity contribution in [2.45, 2.75) is 50.6 Å². The third-order valence-electron chi connectivity index (χ3n) is 4.23. The van der Waals surface area contributed by atoms with E-state index in [0.29, 0.717) is 38.8 Å². The average Bonchev–Trinajstić information content (AvgIpc) is 2.74. The van der Waals surface area contributed by atoms with Crippen LogP contribution in [0.2, 0.25) is 0 Å². The minimum absolute atomic E-state index is 0.221. The molecule has 13 heteroatoms. The fourth-order valence-electron chi connectivity index (χ4n) is 2.54. The average molecular weight is 446 g/mol. The molecule has 0 fully saturated rings. The van der Waals surface area contributed by atoms with Crippen LogP contribution in [0.1, 0.15) is 38.5 Å². The van der Waals surface area contributed by atoms with Crippen LogP contribution >= 0.6 is 0 Å². The first-order valence-electron chi connectivity index (χ1n) is 10.2. The van der Waals surface area contributed by atoms with Crippen LogP contribution in [0.4, 0.5) is 0 Å². The number of unbranched alkanes of at least 4 members (excludes halogenated alkanes) is 2. The molecule has 0 saturated carbocycles. The Morgan fingerprint density at radius 3 is 1.65 bits per heavy atom. The highest BCUT2D eigenvalue weighted by Crippen LogP contribution is 2.02. The van der Waals surface area contributed by atoms with Gasteiger partial charge in [0.25, 0.3) is 0 Å². The second kappa shape index (κ2) is 17.0. The Labute approximate surface area is 181 Å². The summed E-state index contributed by atoms with van der Waals surface area (Å²) < 4.78 is 0. The summed E-state index contributed by atoms with van der Waals surface area (Å²) in [6.45, 7) is -0.235. The van der Waals surface area contributed by atoms with Gasteiger partial charge in [-0.05, 0) is 51.6 Å². The Hall–Kier alpha value is -2.77. The van der Waals surface area contributed by atoms with E-state index >= 15 is 0 Å². The van der Waals surface area contributed by atoms with E-state index in [9.17, 15) is 29.1 Å². The van der Waals surface area contributed by atoms with Gasteiger partial charge in [0.15, 0.2) is 0 Å². The molecule has 0 aliphatic rings. The van der Waals surface area contributed by atoms with Gasteiger partial charge < -0.3 is 43.6 Å². The molecule has 0 aromatic heterocycles. The van der Waals surface area contributed by atoms with Crippen molar-refractivity contribution >= 4 is 29.6 Å². The van der Waals surface area contributed by atoms with Crippen molar-refractivity contribution in [2.24, 2.45) is 17.2 Å². The first-order chi connectivity index (χ1) is 14.7. The Bertz CT molecular complexity index is 602. The number of hydrogen-bond donors (Lipinski definition) is 8. The largest absolute Gasteiger partial charge is 0.480 e. The maximum Gasteiger partial charge on any atom is 0.326 e. The van der Waals surface area contributed by atoms with Gasteiger partial charge in [-0.2, -0.15) is 0 Å². The van der Waals surface area contributed by atoms with E-state index in [4.69, 9.17) is 17.2 Å². The molecule has 2 atom stereocenters. The van der Waals surface area contributed by atoms with Crippen LogP contribution in [0.25, 0.3) is 0 Å². The summed E-state index contributed by atoms with van der Waals surface area (Å²) in [5, 5.41) is 18.7. The summed E-state index contributed by atoms with van der Waals surface area (Å²) in [6.07, 6.45) is 2.85. The molecule has 0 aliphatic heterocycles. The topological polar surface area (TPSA) is 232 Å². The van der Waals surface area contributed by atoms with Gasteiger partial charge in [-0.3, -0.25) is 19.2 Å². The Kier molecular flexibility index (Phi) is 15.5. The number of hydrogen-bond acceptors (Lipinski definition) is 8. The van der Waals surface area contributed by atoms with Crippen LogP contribution < -0.4 is 38.5 Å². The van der Waals surface area contributed by atoms with Gasteiger partial charge in [0.2, 0.25) is 23.6 Å². The van der Waals surface area contributed by atoms with Gasteiger partial charge in [-0.15, -0.1) is 0 Å². The summed E-state index contributed by atoms with van der Waals surface area (Å²) in [7, 11) is 0. The molecule has 0 aromatic rings. The smallest absolute Gasteiger partial charge is 0.326 e. The molecule has 0 spiro atoms. The predicted octanol–water partition coefficient (Wildman–Crippen LogP) is -3.51. The minimum Gasteiger partial charge on any atom is -0.480 e. The molecule has 0 unspecified atom stereocenters. The van der Waals surface area contributed by atoms with Gasteiger partial charge in [0.1, 0.15) is 12.1 Å². The number of carbonyl (C=O) groups excluding carboxylic acids is 4. The summed E-state index contributed by atoms with van der Waals surface area (Å²) >= 11 is 0. The molecule has 178 valence electrons. The first-order valence-corrected chi connectivity index (χ1v) is 10.2. The summed E-state index contributed by atoms with van der Waals surface area (Å²) in [5.74, 6) is -3.57. The molecule has 0 radical (unpaired) electrons. The number of nitrogens with two attached hydrogens (primary N) is 3. The van der Waals surface area contributed by atoms with Crippen molar-refractivity contribution in [3.63, 3.8) is 0 Å². The zero-order chi connectivity index (χ0) is 23.6. The number of carboxylic acid groups (broad SMARTS) is 1. The van der Waals surface area contributed by atoms with Gasteiger partial charge in [0, 0.05) is 0 Å². The molecule has 31 heavy (non-hydrogen) atoms. The van der Waals surface area contributed by atoms with Crippen LogP contribution in [-0.4, -0.2) is 79.5 Å². The normalized spacial score (nSPS) is 12.4. The lowest BCUT2D eigenvalue weighted by molar-refractivity contribution is -0.142. The van der Waals surface area contributed by atoms with Gasteiger partial charge in [-0.1, -0.05) is 0 Å². The van der Waals surface area contributed by atoms with E-state index in [1.807, 2.05) is 0 Å². The highest BCUT2D eigenvalue weighted by atomic mass is 16.4. The van der Waals surface area contributed by atoms with Crippen LogP contribution in [-0.2, 0) is 24.0 Å². The molecular formula is C18H35N7O6. The van der Waals surface area contributed by atoms with Crippen LogP contribution in [0.15, 0.2) is 0 Å². The minimum atomic E-state index is -1.18. The van der Waals surface area contributed by atoms with Crippen molar-refractivity contribution in [1.29, 1.82) is 0 Å². The number of carboxylic acids is 1.